The van der Waals surface area contributed by atoms with Gasteiger partial charge < -0.3 is 10.2 Å². The van der Waals surface area contributed by atoms with Crippen LogP contribution in [0, 0.1) is 17.3 Å². The first-order chi connectivity index (χ1) is 8.06. The topological polar surface area (TPSA) is 57.5 Å². The maximum atomic E-state index is 12.3. The number of carboxylic acid groups (broad SMARTS) is 1. The molecule has 0 bridgehead atoms. The Morgan fingerprint density at radius 1 is 1.17 bits per heavy atom. The molecule has 1 unspecified atom stereocenters. The van der Waals surface area contributed by atoms with E-state index in [1.54, 1.807) is 13.8 Å². The molecule has 1 saturated carbocycles. The lowest BCUT2D eigenvalue weighted by Crippen LogP contribution is -2.41. The smallest absolute Gasteiger partial charge is 0.414 e. The minimum absolute atomic E-state index is 0.133. The van der Waals surface area contributed by atoms with E-state index < -0.39 is 29.6 Å². The molecule has 0 aromatic heterocycles. The Kier molecular flexibility index (Phi) is 4.30. The molecule has 0 radical (unpaired) electrons. The number of halogens is 3. The molecule has 0 aliphatic heterocycles. The van der Waals surface area contributed by atoms with Crippen LogP contribution in [0.3, 0.4) is 0 Å². The van der Waals surface area contributed by atoms with Gasteiger partial charge in [0.05, 0.1) is 5.41 Å². The molecule has 0 aromatic carbocycles. The van der Waals surface area contributed by atoms with Crippen LogP contribution in [0.5, 0.6) is 0 Å². The van der Waals surface area contributed by atoms with Crippen LogP contribution in [0.4, 0.5) is 13.2 Å². The van der Waals surface area contributed by atoms with Gasteiger partial charge in [0.2, 0.25) is 0 Å². The van der Waals surface area contributed by atoms with Crippen molar-refractivity contribution in [1.29, 1.82) is 0 Å². The quantitative estimate of drug-likeness (QED) is 0.827. The van der Waals surface area contributed by atoms with E-state index in [0.29, 0.717) is 12.8 Å². The van der Waals surface area contributed by atoms with Gasteiger partial charge in [-0.1, -0.05) is 0 Å². The molecule has 6 heteroatoms. The summed E-state index contributed by atoms with van der Waals surface area (Å²) in [7, 11) is 0. The Morgan fingerprint density at radius 3 is 1.94 bits per heavy atom. The summed E-state index contributed by atoms with van der Waals surface area (Å²) in [6, 6.07) is 0. The Bertz CT molecular complexity index is 304. The Hall–Kier alpha value is -0.780. The minimum atomic E-state index is -4.58. The van der Waals surface area contributed by atoms with Crippen molar-refractivity contribution in [3.8, 4) is 0 Å². The molecule has 1 rings (SSSR count). The van der Waals surface area contributed by atoms with E-state index in [9.17, 15) is 18.0 Å². The first-order valence-corrected chi connectivity index (χ1v) is 6.05. The molecule has 1 atom stereocenters. The second-order valence-electron chi connectivity index (χ2n) is 5.62. The molecule has 0 saturated heterocycles. The van der Waals surface area contributed by atoms with E-state index in [2.05, 4.69) is 0 Å². The molecule has 0 aromatic rings. The molecular formula is C12H19F3O3. The van der Waals surface area contributed by atoms with Crippen molar-refractivity contribution >= 4 is 5.97 Å². The van der Waals surface area contributed by atoms with Gasteiger partial charge in [-0.3, -0.25) is 4.79 Å². The lowest BCUT2D eigenvalue weighted by atomic mass is 9.68. The second-order valence-corrected chi connectivity index (χ2v) is 5.62. The molecule has 106 valence electrons. The average Bonchev–Trinajstić information content (AvgIpc) is 2.26. The third-order valence-corrected chi connectivity index (χ3v) is 4.13. The fraction of sp³-hybridized carbons (Fsp3) is 0.917. The molecule has 0 spiro atoms. The number of hydrogen-bond donors (Lipinski definition) is 2. The van der Waals surface area contributed by atoms with Crippen LogP contribution in [0.15, 0.2) is 0 Å². The van der Waals surface area contributed by atoms with Crippen molar-refractivity contribution in [3.63, 3.8) is 0 Å². The maximum Gasteiger partial charge on any atom is 0.414 e. The highest BCUT2D eigenvalue weighted by Gasteiger charge is 2.46. The summed E-state index contributed by atoms with van der Waals surface area (Å²) in [5.74, 6) is -1.86. The van der Waals surface area contributed by atoms with Crippen molar-refractivity contribution in [2.24, 2.45) is 17.3 Å². The third kappa shape index (κ3) is 3.16. The van der Waals surface area contributed by atoms with Gasteiger partial charge in [0.15, 0.2) is 6.10 Å². The number of alkyl halides is 3. The zero-order chi connectivity index (χ0) is 14.1. The van der Waals surface area contributed by atoms with Crippen LogP contribution < -0.4 is 0 Å². The lowest BCUT2D eigenvalue weighted by molar-refractivity contribution is -0.223. The summed E-state index contributed by atoms with van der Waals surface area (Å²) in [5.41, 5.74) is -0.922. The first-order valence-electron chi connectivity index (χ1n) is 6.05. The summed E-state index contributed by atoms with van der Waals surface area (Å²) in [6.45, 7) is 3.20. The fourth-order valence-corrected chi connectivity index (χ4v) is 2.60. The zero-order valence-corrected chi connectivity index (χ0v) is 10.5. The van der Waals surface area contributed by atoms with Gasteiger partial charge >= 0.3 is 12.1 Å². The zero-order valence-electron chi connectivity index (χ0n) is 10.5. The van der Waals surface area contributed by atoms with E-state index in [-0.39, 0.29) is 18.8 Å². The van der Waals surface area contributed by atoms with E-state index in [0.717, 1.165) is 0 Å². The predicted molar refractivity (Wildman–Crippen MR) is 58.9 cm³/mol. The van der Waals surface area contributed by atoms with Crippen LogP contribution in [-0.4, -0.2) is 28.5 Å². The number of aliphatic hydroxyl groups excluding tert-OH is 1. The summed E-state index contributed by atoms with van der Waals surface area (Å²) >= 11 is 0. The number of aliphatic hydroxyl groups is 1. The SMILES string of the molecule is CC(C)(C(=O)O)C1CCC(C(O)C(F)(F)F)CC1. The maximum absolute atomic E-state index is 12.3. The van der Waals surface area contributed by atoms with Gasteiger partial charge in [0.25, 0.3) is 0 Å². The van der Waals surface area contributed by atoms with Gasteiger partial charge in [0.1, 0.15) is 0 Å². The van der Waals surface area contributed by atoms with Crippen molar-refractivity contribution in [2.45, 2.75) is 51.8 Å². The molecule has 1 aliphatic rings. The van der Waals surface area contributed by atoms with E-state index >= 15 is 0 Å². The van der Waals surface area contributed by atoms with E-state index in [1.807, 2.05) is 0 Å². The van der Waals surface area contributed by atoms with Gasteiger partial charge in [-0.25, -0.2) is 0 Å². The monoisotopic (exact) mass is 268 g/mol. The van der Waals surface area contributed by atoms with Gasteiger partial charge in [0, 0.05) is 0 Å². The molecule has 3 nitrogen and oxygen atoms in total. The Balaban J connectivity index is 2.59. The van der Waals surface area contributed by atoms with E-state index in [1.165, 1.54) is 0 Å². The molecule has 1 fully saturated rings. The van der Waals surface area contributed by atoms with Crippen LogP contribution in [0.25, 0.3) is 0 Å². The number of hydrogen-bond acceptors (Lipinski definition) is 2. The van der Waals surface area contributed by atoms with E-state index in [4.69, 9.17) is 10.2 Å². The van der Waals surface area contributed by atoms with Crippen molar-refractivity contribution < 1.29 is 28.2 Å². The van der Waals surface area contributed by atoms with Gasteiger partial charge in [-0.2, -0.15) is 13.2 Å². The normalized spacial score (nSPS) is 27.9. The number of carbonyl (C=O) groups is 1. The van der Waals surface area contributed by atoms with Gasteiger partial charge in [-0.05, 0) is 51.4 Å². The third-order valence-electron chi connectivity index (χ3n) is 4.13. The Morgan fingerprint density at radius 2 is 1.61 bits per heavy atom. The highest BCUT2D eigenvalue weighted by atomic mass is 19.4. The largest absolute Gasteiger partial charge is 0.481 e. The molecular weight excluding hydrogens is 249 g/mol. The van der Waals surface area contributed by atoms with Crippen molar-refractivity contribution in [1.82, 2.24) is 0 Å². The summed E-state index contributed by atoms with van der Waals surface area (Å²) in [4.78, 5) is 11.1. The molecule has 2 N–H and O–H groups in total. The number of rotatable bonds is 3. The predicted octanol–water partition coefficient (Wildman–Crippen LogP) is 2.83. The van der Waals surface area contributed by atoms with Crippen LogP contribution in [0.1, 0.15) is 39.5 Å². The molecule has 1 aliphatic carbocycles. The average molecular weight is 268 g/mol. The highest BCUT2D eigenvalue weighted by Crippen LogP contribution is 2.43. The Labute approximate surface area is 104 Å². The number of aliphatic carboxylic acids is 1. The summed E-state index contributed by atoms with van der Waals surface area (Å²) in [5, 5.41) is 18.2. The van der Waals surface area contributed by atoms with Crippen LogP contribution in [-0.2, 0) is 4.79 Å². The first kappa shape index (κ1) is 15.3. The van der Waals surface area contributed by atoms with Crippen LogP contribution >= 0.6 is 0 Å². The molecule has 18 heavy (non-hydrogen) atoms. The summed E-state index contributed by atoms with van der Waals surface area (Å²) in [6.07, 6.45) is -5.59. The van der Waals surface area contributed by atoms with Gasteiger partial charge in [-0.15, -0.1) is 0 Å². The standard InChI is InChI=1S/C12H19F3O3/c1-11(2,10(17)18)8-5-3-7(4-6-8)9(16)12(13,14)15/h7-9,16H,3-6H2,1-2H3,(H,17,18). The lowest BCUT2D eigenvalue weighted by Gasteiger charge is -2.38. The van der Waals surface area contributed by atoms with Crippen molar-refractivity contribution in [2.75, 3.05) is 0 Å². The molecule has 0 amide bonds. The second kappa shape index (κ2) is 5.07. The highest BCUT2D eigenvalue weighted by molar-refractivity contribution is 5.74. The minimum Gasteiger partial charge on any atom is -0.481 e. The van der Waals surface area contributed by atoms with Crippen molar-refractivity contribution in [3.05, 3.63) is 0 Å². The number of carboxylic acids is 1. The molecule has 0 heterocycles. The summed E-state index contributed by atoms with van der Waals surface area (Å²) < 4.78 is 37.0. The van der Waals surface area contributed by atoms with Crippen LogP contribution in [0.2, 0.25) is 0 Å². The fourth-order valence-electron chi connectivity index (χ4n) is 2.60.